The third kappa shape index (κ3) is 4.87. The van der Waals surface area contributed by atoms with Gasteiger partial charge in [0.05, 0.1) is 12.0 Å². The quantitative estimate of drug-likeness (QED) is 0.738. The van der Waals surface area contributed by atoms with Gasteiger partial charge in [-0.1, -0.05) is 42.5 Å². The van der Waals surface area contributed by atoms with Crippen LogP contribution in [0.3, 0.4) is 0 Å². The van der Waals surface area contributed by atoms with E-state index in [9.17, 15) is 14.4 Å². The predicted molar refractivity (Wildman–Crippen MR) is 115 cm³/mol. The van der Waals surface area contributed by atoms with Crippen molar-refractivity contribution in [2.45, 2.75) is 46.3 Å². The molecule has 0 aliphatic carbocycles. The Morgan fingerprint density at radius 3 is 2.50 bits per heavy atom. The lowest BCUT2D eigenvalue weighted by Crippen LogP contribution is -2.34. The molecule has 0 aromatic heterocycles. The summed E-state index contributed by atoms with van der Waals surface area (Å²) in [5.41, 5.74) is 3.67. The summed E-state index contributed by atoms with van der Waals surface area (Å²) in [7, 11) is 0. The molecule has 3 rings (SSSR count). The van der Waals surface area contributed by atoms with Gasteiger partial charge >= 0.3 is 5.97 Å². The highest BCUT2D eigenvalue weighted by Gasteiger charge is 2.38. The molecule has 6 nitrogen and oxygen atoms in total. The van der Waals surface area contributed by atoms with E-state index < -0.39 is 23.9 Å². The molecule has 0 saturated carbocycles. The number of anilines is 1. The zero-order valence-corrected chi connectivity index (χ0v) is 17.8. The second-order valence-electron chi connectivity index (χ2n) is 7.92. The molecular formula is C24H28N2O4. The molecule has 6 heteroatoms. The van der Waals surface area contributed by atoms with Gasteiger partial charge in [0, 0.05) is 18.7 Å². The predicted octanol–water partition coefficient (Wildman–Crippen LogP) is 3.78. The Kier molecular flexibility index (Phi) is 6.55. The van der Waals surface area contributed by atoms with E-state index in [1.807, 2.05) is 69.3 Å². The fourth-order valence-corrected chi connectivity index (χ4v) is 3.60. The van der Waals surface area contributed by atoms with E-state index in [1.165, 1.54) is 0 Å². The summed E-state index contributed by atoms with van der Waals surface area (Å²) in [5.74, 6) is -1.56. The summed E-state index contributed by atoms with van der Waals surface area (Å²) in [5, 5.41) is 2.81. The second kappa shape index (κ2) is 9.11. The molecule has 30 heavy (non-hydrogen) atoms. The fourth-order valence-electron chi connectivity index (χ4n) is 3.60. The van der Waals surface area contributed by atoms with Crippen LogP contribution in [0.5, 0.6) is 0 Å². The first-order chi connectivity index (χ1) is 14.3. The van der Waals surface area contributed by atoms with Crippen LogP contribution >= 0.6 is 0 Å². The van der Waals surface area contributed by atoms with Crippen LogP contribution in [0.2, 0.25) is 0 Å². The van der Waals surface area contributed by atoms with E-state index in [0.29, 0.717) is 12.2 Å². The van der Waals surface area contributed by atoms with Gasteiger partial charge in [0.2, 0.25) is 5.91 Å². The molecular weight excluding hydrogens is 380 g/mol. The Labute approximate surface area is 177 Å². The van der Waals surface area contributed by atoms with Gasteiger partial charge in [-0.05, 0) is 50.5 Å². The molecule has 1 fully saturated rings. The molecule has 0 spiro atoms. The van der Waals surface area contributed by atoms with Crippen molar-refractivity contribution < 1.29 is 19.1 Å². The zero-order chi connectivity index (χ0) is 21.8. The maximum Gasteiger partial charge on any atom is 0.312 e. The molecule has 0 bridgehead atoms. The van der Waals surface area contributed by atoms with Crippen LogP contribution in [0.25, 0.3) is 0 Å². The molecule has 1 heterocycles. The number of benzene rings is 2. The molecule has 2 aromatic carbocycles. The number of hydrogen-bond donors (Lipinski definition) is 1. The van der Waals surface area contributed by atoms with Gasteiger partial charge < -0.3 is 15.0 Å². The number of likely N-dealkylation sites (tertiary alicyclic amines) is 1. The zero-order valence-electron chi connectivity index (χ0n) is 17.8. The smallest absolute Gasteiger partial charge is 0.312 e. The SMILES string of the molecule is Cc1ccc(C)c(NC(=O)[C@@H](C)OC(=O)[C@H]2CC(=O)N([C@@H](C)c3ccccc3)C2)c1. The summed E-state index contributed by atoms with van der Waals surface area (Å²) in [6, 6.07) is 15.3. The number of nitrogens with zero attached hydrogens (tertiary/aromatic N) is 1. The van der Waals surface area contributed by atoms with Crippen molar-refractivity contribution in [3.05, 3.63) is 65.2 Å². The number of amides is 2. The Bertz CT molecular complexity index is 941. The number of ether oxygens (including phenoxy) is 1. The van der Waals surface area contributed by atoms with Crippen molar-refractivity contribution in [3.8, 4) is 0 Å². The first-order valence-electron chi connectivity index (χ1n) is 10.2. The van der Waals surface area contributed by atoms with E-state index in [2.05, 4.69) is 5.32 Å². The third-order valence-electron chi connectivity index (χ3n) is 5.55. The van der Waals surface area contributed by atoms with Gasteiger partial charge in [-0.2, -0.15) is 0 Å². The number of aryl methyl sites for hydroxylation is 2. The van der Waals surface area contributed by atoms with Crippen molar-refractivity contribution >= 4 is 23.5 Å². The average molecular weight is 408 g/mol. The third-order valence-corrected chi connectivity index (χ3v) is 5.55. The molecule has 2 amide bonds. The minimum Gasteiger partial charge on any atom is -0.452 e. The molecule has 3 atom stereocenters. The molecule has 1 aliphatic rings. The van der Waals surface area contributed by atoms with E-state index >= 15 is 0 Å². The highest BCUT2D eigenvalue weighted by atomic mass is 16.5. The Morgan fingerprint density at radius 1 is 1.10 bits per heavy atom. The van der Waals surface area contributed by atoms with Gasteiger partial charge in [-0.3, -0.25) is 14.4 Å². The Hall–Kier alpha value is -3.15. The maximum absolute atomic E-state index is 12.6. The van der Waals surface area contributed by atoms with Crippen molar-refractivity contribution in [1.82, 2.24) is 4.90 Å². The van der Waals surface area contributed by atoms with Crippen molar-refractivity contribution in [2.75, 3.05) is 11.9 Å². The van der Waals surface area contributed by atoms with Crippen LogP contribution in [-0.2, 0) is 19.1 Å². The number of carbonyl (C=O) groups is 3. The molecule has 158 valence electrons. The van der Waals surface area contributed by atoms with Crippen LogP contribution in [0, 0.1) is 19.8 Å². The average Bonchev–Trinajstić information content (AvgIpc) is 3.12. The molecule has 1 aliphatic heterocycles. The van der Waals surface area contributed by atoms with Crippen LogP contribution in [-0.4, -0.2) is 35.3 Å². The largest absolute Gasteiger partial charge is 0.452 e. The molecule has 0 radical (unpaired) electrons. The van der Waals surface area contributed by atoms with Crippen LogP contribution in [0.15, 0.2) is 48.5 Å². The lowest BCUT2D eigenvalue weighted by Gasteiger charge is -2.25. The number of rotatable bonds is 6. The highest BCUT2D eigenvalue weighted by Crippen LogP contribution is 2.29. The monoisotopic (exact) mass is 408 g/mol. The second-order valence-corrected chi connectivity index (χ2v) is 7.92. The van der Waals surface area contributed by atoms with Crippen molar-refractivity contribution in [1.29, 1.82) is 0 Å². The lowest BCUT2D eigenvalue weighted by atomic mass is 10.1. The Balaban J connectivity index is 1.58. The van der Waals surface area contributed by atoms with Gasteiger partial charge in [0.25, 0.3) is 5.91 Å². The number of esters is 1. The molecule has 0 unspecified atom stereocenters. The van der Waals surface area contributed by atoms with Crippen LogP contribution in [0.4, 0.5) is 5.69 Å². The van der Waals surface area contributed by atoms with E-state index in [0.717, 1.165) is 16.7 Å². The Morgan fingerprint density at radius 2 is 1.80 bits per heavy atom. The minimum absolute atomic E-state index is 0.0826. The first kappa shape index (κ1) is 21.6. The first-order valence-corrected chi connectivity index (χ1v) is 10.2. The van der Waals surface area contributed by atoms with E-state index in [4.69, 9.17) is 4.74 Å². The topological polar surface area (TPSA) is 75.7 Å². The molecule has 2 aromatic rings. The van der Waals surface area contributed by atoms with Gasteiger partial charge in [-0.15, -0.1) is 0 Å². The van der Waals surface area contributed by atoms with E-state index in [1.54, 1.807) is 11.8 Å². The van der Waals surface area contributed by atoms with Gasteiger partial charge in [0.15, 0.2) is 6.10 Å². The van der Waals surface area contributed by atoms with Crippen molar-refractivity contribution in [2.24, 2.45) is 5.92 Å². The summed E-state index contributed by atoms with van der Waals surface area (Å²) in [6.45, 7) is 7.62. The van der Waals surface area contributed by atoms with Crippen LogP contribution < -0.4 is 5.32 Å². The standard InChI is InChI=1S/C24H28N2O4/c1-15-10-11-16(2)21(12-15)25-23(28)18(4)30-24(29)20-13-22(27)26(14-20)17(3)19-8-6-5-7-9-19/h5-12,17-18,20H,13-14H2,1-4H3,(H,25,28)/t17-,18+,20-/m0/s1. The summed E-state index contributed by atoms with van der Waals surface area (Å²) in [4.78, 5) is 39.3. The maximum atomic E-state index is 12.6. The summed E-state index contributed by atoms with van der Waals surface area (Å²) >= 11 is 0. The minimum atomic E-state index is -0.951. The number of hydrogen-bond acceptors (Lipinski definition) is 4. The molecule has 1 N–H and O–H groups in total. The van der Waals surface area contributed by atoms with Crippen LogP contribution in [0.1, 0.15) is 43.0 Å². The van der Waals surface area contributed by atoms with Gasteiger partial charge in [0.1, 0.15) is 0 Å². The summed E-state index contributed by atoms with van der Waals surface area (Å²) in [6.07, 6.45) is -0.852. The fraction of sp³-hybridized carbons (Fsp3) is 0.375. The van der Waals surface area contributed by atoms with E-state index in [-0.39, 0.29) is 18.4 Å². The van der Waals surface area contributed by atoms with Gasteiger partial charge in [-0.25, -0.2) is 0 Å². The summed E-state index contributed by atoms with van der Waals surface area (Å²) < 4.78 is 5.39. The number of nitrogens with one attached hydrogen (secondary N) is 1. The molecule has 1 saturated heterocycles. The highest BCUT2D eigenvalue weighted by molar-refractivity contribution is 5.96. The van der Waals surface area contributed by atoms with Crippen molar-refractivity contribution in [3.63, 3.8) is 0 Å². The normalized spacial score (nSPS) is 18.1. The number of carbonyl (C=O) groups excluding carboxylic acids is 3. The lowest BCUT2D eigenvalue weighted by molar-refractivity contribution is -0.157.